The third-order valence-electron chi connectivity index (χ3n) is 3.13. The van der Waals surface area contributed by atoms with E-state index in [2.05, 4.69) is 53.4 Å². The molecule has 0 bridgehead atoms. The van der Waals surface area contributed by atoms with E-state index >= 15 is 0 Å². The second-order valence-electron chi connectivity index (χ2n) is 4.66. The van der Waals surface area contributed by atoms with Crippen molar-refractivity contribution >= 4 is 27.5 Å². The van der Waals surface area contributed by atoms with Crippen LogP contribution in [0.3, 0.4) is 0 Å². The summed E-state index contributed by atoms with van der Waals surface area (Å²) in [6, 6.07) is 12.1. The maximum absolute atomic E-state index is 6.11. The Bertz CT molecular complexity index is 578. The molecule has 2 aromatic rings. The molecule has 0 spiro atoms. The van der Waals surface area contributed by atoms with Crippen LogP contribution in [0.5, 0.6) is 0 Å². The summed E-state index contributed by atoms with van der Waals surface area (Å²) in [6.45, 7) is 4.16. The van der Waals surface area contributed by atoms with Gasteiger partial charge in [0.2, 0.25) is 0 Å². The zero-order valence-electron chi connectivity index (χ0n) is 10.9. The second kappa shape index (κ2) is 6.06. The van der Waals surface area contributed by atoms with Crippen molar-refractivity contribution in [3.63, 3.8) is 0 Å². The van der Waals surface area contributed by atoms with Crippen molar-refractivity contribution < 1.29 is 0 Å². The SMILES string of the molecule is Cc1ccc(C)c(C(NN)c2cc(Cl)cc(Br)c2)c1. The molecule has 0 amide bonds. The van der Waals surface area contributed by atoms with Gasteiger partial charge in [0.05, 0.1) is 6.04 Å². The van der Waals surface area contributed by atoms with Gasteiger partial charge in [-0.05, 0) is 48.7 Å². The Labute approximate surface area is 127 Å². The van der Waals surface area contributed by atoms with Crippen LogP contribution in [0.15, 0.2) is 40.9 Å². The van der Waals surface area contributed by atoms with Gasteiger partial charge in [0, 0.05) is 9.50 Å². The van der Waals surface area contributed by atoms with E-state index in [0.29, 0.717) is 5.02 Å². The Balaban J connectivity index is 2.52. The number of hydrazine groups is 1. The first-order valence-electron chi connectivity index (χ1n) is 6.00. The summed E-state index contributed by atoms with van der Waals surface area (Å²) in [5, 5.41) is 0.690. The second-order valence-corrected chi connectivity index (χ2v) is 6.01. The molecule has 0 aliphatic rings. The average Bonchev–Trinajstić information content (AvgIpc) is 2.33. The summed E-state index contributed by atoms with van der Waals surface area (Å²) in [5.74, 6) is 5.75. The number of rotatable bonds is 3. The van der Waals surface area contributed by atoms with Crippen LogP contribution in [0.1, 0.15) is 28.3 Å². The van der Waals surface area contributed by atoms with Crippen molar-refractivity contribution in [2.24, 2.45) is 5.84 Å². The molecule has 2 rings (SSSR count). The van der Waals surface area contributed by atoms with E-state index in [-0.39, 0.29) is 6.04 Å². The number of nitrogens with two attached hydrogens (primary N) is 1. The number of hydrogen-bond acceptors (Lipinski definition) is 2. The van der Waals surface area contributed by atoms with Crippen LogP contribution in [0.4, 0.5) is 0 Å². The molecule has 0 saturated carbocycles. The Kier molecular flexibility index (Phi) is 4.63. The quantitative estimate of drug-likeness (QED) is 0.647. The van der Waals surface area contributed by atoms with E-state index in [9.17, 15) is 0 Å². The monoisotopic (exact) mass is 338 g/mol. The molecule has 0 saturated heterocycles. The fourth-order valence-electron chi connectivity index (χ4n) is 2.18. The minimum absolute atomic E-state index is 0.0742. The molecule has 2 aromatic carbocycles. The van der Waals surface area contributed by atoms with Gasteiger partial charge in [-0.2, -0.15) is 0 Å². The average molecular weight is 340 g/mol. The third-order valence-corrected chi connectivity index (χ3v) is 3.81. The molecule has 1 unspecified atom stereocenters. The molecule has 0 radical (unpaired) electrons. The normalized spacial score (nSPS) is 12.5. The minimum atomic E-state index is -0.0742. The topological polar surface area (TPSA) is 38.0 Å². The van der Waals surface area contributed by atoms with Gasteiger partial charge in [-0.25, -0.2) is 5.43 Å². The van der Waals surface area contributed by atoms with Crippen molar-refractivity contribution in [2.45, 2.75) is 19.9 Å². The van der Waals surface area contributed by atoms with E-state index in [1.807, 2.05) is 18.2 Å². The zero-order valence-corrected chi connectivity index (χ0v) is 13.2. The lowest BCUT2D eigenvalue weighted by Crippen LogP contribution is -2.29. The van der Waals surface area contributed by atoms with Crippen LogP contribution in [0.2, 0.25) is 5.02 Å². The fraction of sp³-hybridized carbons (Fsp3) is 0.200. The van der Waals surface area contributed by atoms with Crippen molar-refractivity contribution in [1.29, 1.82) is 0 Å². The van der Waals surface area contributed by atoms with Crippen LogP contribution in [-0.4, -0.2) is 0 Å². The summed E-state index contributed by atoms with van der Waals surface area (Å²) >= 11 is 9.57. The molecule has 2 nitrogen and oxygen atoms in total. The summed E-state index contributed by atoms with van der Waals surface area (Å²) in [7, 11) is 0. The number of nitrogens with one attached hydrogen (secondary N) is 1. The Hall–Kier alpha value is -0.870. The molecule has 4 heteroatoms. The van der Waals surface area contributed by atoms with Gasteiger partial charge in [-0.3, -0.25) is 5.84 Å². The van der Waals surface area contributed by atoms with E-state index < -0.39 is 0 Å². The number of benzene rings is 2. The molecule has 0 heterocycles. The maximum Gasteiger partial charge on any atom is 0.0713 e. The fourth-order valence-corrected chi connectivity index (χ4v) is 3.06. The largest absolute Gasteiger partial charge is 0.271 e. The molecule has 1 atom stereocenters. The predicted molar refractivity (Wildman–Crippen MR) is 84.2 cm³/mol. The standard InChI is InChI=1S/C15H16BrClN2/c1-9-3-4-10(2)14(5-9)15(19-18)11-6-12(16)8-13(17)7-11/h3-8,15,19H,18H2,1-2H3. The van der Waals surface area contributed by atoms with Crippen molar-refractivity contribution in [1.82, 2.24) is 5.43 Å². The lowest BCUT2D eigenvalue weighted by atomic mass is 9.94. The van der Waals surface area contributed by atoms with E-state index in [0.717, 1.165) is 15.6 Å². The molecule has 19 heavy (non-hydrogen) atoms. The lowest BCUT2D eigenvalue weighted by Gasteiger charge is -2.20. The molecule has 100 valence electrons. The van der Waals surface area contributed by atoms with Gasteiger partial charge in [0.15, 0.2) is 0 Å². The van der Waals surface area contributed by atoms with Crippen LogP contribution in [0.25, 0.3) is 0 Å². The molecule has 3 N–H and O–H groups in total. The van der Waals surface area contributed by atoms with Gasteiger partial charge in [-0.15, -0.1) is 0 Å². The first kappa shape index (κ1) is 14.5. The van der Waals surface area contributed by atoms with Crippen LogP contribution >= 0.6 is 27.5 Å². The van der Waals surface area contributed by atoms with Gasteiger partial charge in [0.25, 0.3) is 0 Å². The number of aryl methyl sites for hydroxylation is 2. The first-order chi connectivity index (χ1) is 9.01. The van der Waals surface area contributed by atoms with Crippen molar-refractivity contribution in [3.05, 3.63) is 68.1 Å². The van der Waals surface area contributed by atoms with E-state index in [1.54, 1.807) is 0 Å². The van der Waals surface area contributed by atoms with Crippen LogP contribution in [-0.2, 0) is 0 Å². The molecule has 0 aliphatic heterocycles. The highest BCUT2D eigenvalue weighted by Crippen LogP contribution is 2.29. The smallest absolute Gasteiger partial charge is 0.0713 e. The van der Waals surface area contributed by atoms with Crippen LogP contribution < -0.4 is 11.3 Å². The molecule has 0 aromatic heterocycles. The Morgan fingerprint density at radius 1 is 1.16 bits per heavy atom. The summed E-state index contributed by atoms with van der Waals surface area (Å²) in [6.07, 6.45) is 0. The number of hydrogen-bond donors (Lipinski definition) is 2. The maximum atomic E-state index is 6.11. The van der Waals surface area contributed by atoms with Crippen molar-refractivity contribution in [3.8, 4) is 0 Å². The molecule has 0 fully saturated rings. The van der Waals surface area contributed by atoms with Gasteiger partial charge in [0.1, 0.15) is 0 Å². The van der Waals surface area contributed by atoms with Gasteiger partial charge >= 0.3 is 0 Å². The highest BCUT2D eigenvalue weighted by molar-refractivity contribution is 9.10. The van der Waals surface area contributed by atoms with E-state index in [4.69, 9.17) is 17.4 Å². The highest BCUT2D eigenvalue weighted by Gasteiger charge is 2.16. The number of halogens is 2. The third kappa shape index (κ3) is 3.37. The first-order valence-corrected chi connectivity index (χ1v) is 7.17. The molecule has 0 aliphatic carbocycles. The Morgan fingerprint density at radius 2 is 1.89 bits per heavy atom. The van der Waals surface area contributed by atoms with E-state index in [1.165, 1.54) is 11.1 Å². The van der Waals surface area contributed by atoms with Crippen LogP contribution in [0, 0.1) is 13.8 Å². The summed E-state index contributed by atoms with van der Waals surface area (Å²) < 4.78 is 0.945. The Morgan fingerprint density at radius 3 is 2.53 bits per heavy atom. The van der Waals surface area contributed by atoms with Crippen molar-refractivity contribution in [2.75, 3.05) is 0 Å². The highest BCUT2D eigenvalue weighted by atomic mass is 79.9. The minimum Gasteiger partial charge on any atom is -0.271 e. The lowest BCUT2D eigenvalue weighted by molar-refractivity contribution is 0.633. The zero-order chi connectivity index (χ0) is 14.0. The van der Waals surface area contributed by atoms with Gasteiger partial charge in [-0.1, -0.05) is 51.3 Å². The molecular weight excluding hydrogens is 324 g/mol. The summed E-state index contributed by atoms with van der Waals surface area (Å²) in [5.41, 5.74) is 7.49. The van der Waals surface area contributed by atoms with Gasteiger partial charge < -0.3 is 0 Å². The predicted octanol–water partition coefficient (Wildman–Crippen LogP) is 4.27. The molecular formula is C15H16BrClN2. The summed E-state index contributed by atoms with van der Waals surface area (Å²) in [4.78, 5) is 0.